The zero-order valence-corrected chi connectivity index (χ0v) is 14.6. The van der Waals surface area contributed by atoms with Gasteiger partial charge in [-0.05, 0) is 31.9 Å². The fourth-order valence-corrected chi connectivity index (χ4v) is 2.77. The van der Waals surface area contributed by atoms with Crippen molar-refractivity contribution in [3.63, 3.8) is 0 Å². The predicted octanol–water partition coefficient (Wildman–Crippen LogP) is 2.05. The van der Waals surface area contributed by atoms with Crippen LogP contribution in [0.1, 0.15) is 26.2 Å². The van der Waals surface area contributed by atoms with Gasteiger partial charge in [-0.15, -0.1) is 0 Å². The van der Waals surface area contributed by atoms with Crippen molar-refractivity contribution in [1.29, 1.82) is 5.26 Å². The molecular weight excluding hydrogens is 316 g/mol. The second-order valence-electron chi connectivity index (χ2n) is 5.87. The molecule has 132 valence electrons. The Hall–Kier alpha value is -2.81. The van der Waals surface area contributed by atoms with Gasteiger partial charge in [-0.25, -0.2) is 0 Å². The average Bonchev–Trinajstić information content (AvgIpc) is 3.05. The number of carbonyl (C=O) groups is 2. The summed E-state index contributed by atoms with van der Waals surface area (Å²) in [6.45, 7) is 4.51. The van der Waals surface area contributed by atoms with Crippen LogP contribution >= 0.6 is 0 Å². The number of nitriles is 1. The SMILES string of the molecule is CCN(/C=C(/C#N)C(=O)NCCCN1CCCC1=O)c1ccccc1. The molecule has 0 saturated carbocycles. The maximum absolute atomic E-state index is 12.2. The first-order chi connectivity index (χ1) is 12.2. The summed E-state index contributed by atoms with van der Waals surface area (Å²) in [6, 6.07) is 11.6. The summed E-state index contributed by atoms with van der Waals surface area (Å²) in [6.07, 6.45) is 3.81. The molecule has 1 aliphatic heterocycles. The summed E-state index contributed by atoms with van der Waals surface area (Å²) in [5.41, 5.74) is 1.00. The Bertz CT molecular complexity index is 664. The van der Waals surface area contributed by atoms with E-state index in [0.29, 0.717) is 32.5 Å². The van der Waals surface area contributed by atoms with Crippen molar-refractivity contribution in [3.8, 4) is 6.07 Å². The third kappa shape index (κ3) is 5.35. The highest BCUT2D eigenvalue weighted by atomic mass is 16.2. The van der Waals surface area contributed by atoms with Crippen molar-refractivity contribution >= 4 is 17.5 Å². The van der Waals surface area contributed by atoms with Gasteiger partial charge in [0.1, 0.15) is 11.6 Å². The van der Waals surface area contributed by atoms with Crippen LogP contribution in [0.4, 0.5) is 5.69 Å². The molecule has 0 aliphatic carbocycles. The summed E-state index contributed by atoms with van der Waals surface area (Å²) < 4.78 is 0. The van der Waals surface area contributed by atoms with Crippen LogP contribution in [-0.2, 0) is 9.59 Å². The maximum Gasteiger partial charge on any atom is 0.263 e. The first-order valence-electron chi connectivity index (χ1n) is 8.65. The van der Waals surface area contributed by atoms with E-state index in [2.05, 4.69) is 5.32 Å². The van der Waals surface area contributed by atoms with Crippen LogP contribution in [0, 0.1) is 11.3 Å². The van der Waals surface area contributed by atoms with E-state index in [1.807, 2.05) is 53.1 Å². The minimum absolute atomic E-state index is 0.0722. The monoisotopic (exact) mass is 340 g/mol. The third-order valence-corrected chi connectivity index (χ3v) is 4.14. The van der Waals surface area contributed by atoms with Gasteiger partial charge >= 0.3 is 0 Å². The van der Waals surface area contributed by atoms with Crippen LogP contribution in [0.5, 0.6) is 0 Å². The number of anilines is 1. The summed E-state index contributed by atoms with van der Waals surface area (Å²) in [5, 5.41) is 12.1. The van der Waals surface area contributed by atoms with Gasteiger partial charge in [0.05, 0.1) is 0 Å². The highest BCUT2D eigenvalue weighted by Crippen LogP contribution is 2.14. The van der Waals surface area contributed by atoms with E-state index in [1.54, 1.807) is 6.20 Å². The molecule has 6 nitrogen and oxygen atoms in total. The lowest BCUT2D eigenvalue weighted by atomic mass is 10.2. The van der Waals surface area contributed by atoms with Crippen molar-refractivity contribution < 1.29 is 9.59 Å². The predicted molar refractivity (Wildman–Crippen MR) is 96.6 cm³/mol. The molecule has 1 aliphatic rings. The third-order valence-electron chi connectivity index (χ3n) is 4.14. The van der Waals surface area contributed by atoms with Gasteiger partial charge in [0, 0.05) is 44.5 Å². The maximum atomic E-state index is 12.2. The lowest BCUT2D eigenvalue weighted by Gasteiger charge is -2.19. The fourth-order valence-electron chi connectivity index (χ4n) is 2.77. The number of nitrogens with zero attached hydrogens (tertiary/aromatic N) is 3. The molecule has 1 fully saturated rings. The van der Waals surface area contributed by atoms with Crippen LogP contribution in [0.15, 0.2) is 42.1 Å². The molecule has 1 aromatic carbocycles. The van der Waals surface area contributed by atoms with E-state index >= 15 is 0 Å². The molecule has 25 heavy (non-hydrogen) atoms. The van der Waals surface area contributed by atoms with Crippen molar-refractivity contribution in [2.45, 2.75) is 26.2 Å². The summed E-state index contributed by atoms with van der Waals surface area (Å²) in [5.74, 6) is -0.199. The number of amides is 2. The van der Waals surface area contributed by atoms with E-state index in [9.17, 15) is 14.9 Å². The molecule has 0 aromatic heterocycles. The van der Waals surface area contributed by atoms with Gasteiger partial charge in [0.25, 0.3) is 5.91 Å². The van der Waals surface area contributed by atoms with Gasteiger partial charge in [-0.3, -0.25) is 9.59 Å². The number of benzene rings is 1. The Morgan fingerprint density at radius 2 is 2.16 bits per heavy atom. The van der Waals surface area contributed by atoms with Crippen LogP contribution in [0.2, 0.25) is 0 Å². The van der Waals surface area contributed by atoms with E-state index in [-0.39, 0.29) is 17.4 Å². The number of hydrogen-bond acceptors (Lipinski definition) is 4. The second kappa shape index (κ2) is 9.48. The molecule has 0 unspecified atom stereocenters. The number of carbonyl (C=O) groups excluding carboxylic acids is 2. The lowest BCUT2D eigenvalue weighted by Crippen LogP contribution is -2.31. The summed E-state index contributed by atoms with van der Waals surface area (Å²) >= 11 is 0. The second-order valence-corrected chi connectivity index (χ2v) is 5.87. The lowest BCUT2D eigenvalue weighted by molar-refractivity contribution is -0.127. The van der Waals surface area contributed by atoms with Crippen LogP contribution in [0.3, 0.4) is 0 Å². The van der Waals surface area contributed by atoms with E-state index in [1.165, 1.54) is 0 Å². The highest BCUT2D eigenvalue weighted by molar-refractivity contribution is 5.97. The Morgan fingerprint density at radius 1 is 1.40 bits per heavy atom. The van der Waals surface area contributed by atoms with Gasteiger partial charge < -0.3 is 15.1 Å². The fraction of sp³-hybridized carbons (Fsp3) is 0.421. The number of para-hydroxylation sites is 1. The number of rotatable bonds is 8. The van der Waals surface area contributed by atoms with Gasteiger partial charge in [0.2, 0.25) is 5.91 Å². The standard InChI is InChI=1S/C19H24N4O2/c1-2-22(17-8-4-3-5-9-17)15-16(14-20)19(25)21-11-7-13-23-12-6-10-18(23)24/h3-5,8-9,15H,2,6-7,10-13H2,1H3,(H,21,25)/b16-15-. The van der Waals surface area contributed by atoms with Crippen LogP contribution < -0.4 is 10.2 Å². The zero-order chi connectivity index (χ0) is 18.1. The number of likely N-dealkylation sites (tertiary alicyclic amines) is 1. The molecule has 1 heterocycles. The molecule has 0 bridgehead atoms. The summed E-state index contributed by atoms with van der Waals surface area (Å²) in [7, 11) is 0. The smallest absolute Gasteiger partial charge is 0.263 e. The molecule has 0 atom stereocenters. The summed E-state index contributed by atoms with van der Waals surface area (Å²) in [4.78, 5) is 27.4. The van der Waals surface area contributed by atoms with Crippen molar-refractivity contribution in [2.75, 3.05) is 31.1 Å². The number of hydrogen-bond donors (Lipinski definition) is 1. The topological polar surface area (TPSA) is 76.4 Å². The highest BCUT2D eigenvalue weighted by Gasteiger charge is 2.19. The molecule has 6 heteroatoms. The normalized spacial score (nSPS) is 14.3. The van der Waals surface area contributed by atoms with Crippen molar-refractivity contribution in [1.82, 2.24) is 10.2 Å². The van der Waals surface area contributed by atoms with Gasteiger partial charge in [0.15, 0.2) is 0 Å². The van der Waals surface area contributed by atoms with E-state index in [0.717, 1.165) is 18.7 Å². The Balaban J connectivity index is 1.87. The minimum Gasteiger partial charge on any atom is -0.351 e. The molecule has 1 N–H and O–H groups in total. The van der Waals surface area contributed by atoms with Crippen LogP contribution in [-0.4, -0.2) is 42.9 Å². The molecule has 2 amide bonds. The number of nitrogens with one attached hydrogen (secondary N) is 1. The molecular formula is C19H24N4O2. The van der Waals surface area contributed by atoms with E-state index < -0.39 is 0 Å². The first kappa shape index (κ1) is 18.5. The largest absolute Gasteiger partial charge is 0.351 e. The van der Waals surface area contributed by atoms with E-state index in [4.69, 9.17) is 0 Å². The van der Waals surface area contributed by atoms with Gasteiger partial charge in [-0.2, -0.15) is 5.26 Å². The Kier molecular flexibility index (Phi) is 7.02. The molecule has 0 radical (unpaired) electrons. The quantitative estimate of drug-likeness (QED) is 0.446. The van der Waals surface area contributed by atoms with Crippen molar-refractivity contribution in [3.05, 3.63) is 42.1 Å². The molecule has 1 aromatic rings. The zero-order valence-electron chi connectivity index (χ0n) is 14.6. The van der Waals surface area contributed by atoms with Crippen LogP contribution in [0.25, 0.3) is 0 Å². The average molecular weight is 340 g/mol. The molecule has 0 spiro atoms. The Labute approximate surface area is 148 Å². The first-order valence-corrected chi connectivity index (χ1v) is 8.65. The minimum atomic E-state index is -0.385. The van der Waals surface area contributed by atoms with Gasteiger partial charge in [-0.1, -0.05) is 18.2 Å². The Morgan fingerprint density at radius 3 is 2.76 bits per heavy atom. The molecule has 2 rings (SSSR count). The molecule has 1 saturated heterocycles. The van der Waals surface area contributed by atoms with Crippen molar-refractivity contribution in [2.24, 2.45) is 0 Å².